The van der Waals surface area contributed by atoms with E-state index >= 15 is 0 Å². The van der Waals surface area contributed by atoms with Crippen LogP contribution in [0.3, 0.4) is 0 Å². The molecule has 1 amide bonds. The summed E-state index contributed by atoms with van der Waals surface area (Å²) in [5.74, 6) is 5.41. The van der Waals surface area contributed by atoms with Crippen LogP contribution in [-0.4, -0.2) is 48.8 Å². The van der Waals surface area contributed by atoms with Gasteiger partial charge in [-0.15, -0.1) is 0 Å². The number of aliphatic hydroxyl groups excluding tert-OH is 1. The van der Waals surface area contributed by atoms with Crippen LogP contribution in [0.2, 0.25) is 0 Å². The Balaban J connectivity index is 2.11. The second-order valence-corrected chi connectivity index (χ2v) is 4.80. The largest absolute Gasteiger partial charge is 0.384 e. The van der Waals surface area contributed by atoms with Gasteiger partial charge in [-0.05, 0) is 31.0 Å². The summed E-state index contributed by atoms with van der Waals surface area (Å²) in [7, 11) is 1.84. The molecule has 2 rings (SSSR count). The average Bonchev–Trinajstić information content (AvgIpc) is 2.52. The van der Waals surface area contributed by atoms with Crippen molar-refractivity contribution in [3.8, 4) is 11.8 Å². The number of ether oxygens (including phenoxy) is 1. The van der Waals surface area contributed by atoms with Crippen LogP contribution in [0.15, 0.2) is 24.3 Å². The van der Waals surface area contributed by atoms with Crippen LogP contribution in [-0.2, 0) is 4.74 Å². The SMILES string of the molecule is CN(C(=O)c1cccc(C#CCO)c1)C1CCOCC1. The minimum atomic E-state index is -0.180. The molecular formula is C16H19NO3. The Hall–Kier alpha value is -1.83. The van der Waals surface area contributed by atoms with Crippen molar-refractivity contribution in [2.75, 3.05) is 26.9 Å². The van der Waals surface area contributed by atoms with E-state index in [4.69, 9.17) is 9.84 Å². The first kappa shape index (κ1) is 14.6. The summed E-state index contributed by atoms with van der Waals surface area (Å²) < 4.78 is 5.32. The number of hydrogen-bond donors (Lipinski definition) is 1. The van der Waals surface area contributed by atoms with Gasteiger partial charge in [0, 0.05) is 37.4 Å². The van der Waals surface area contributed by atoms with Gasteiger partial charge >= 0.3 is 0 Å². The molecule has 1 saturated heterocycles. The van der Waals surface area contributed by atoms with E-state index in [1.165, 1.54) is 0 Å². The molecule has 20 heavy (non-hydrogen) atoms. The third kappa shape index (κ3) is 3.60. The number of nitrogens with zero attached hydrogens (tertiary/aromatic N) is 1. The van der Waals surface area contributed by atoms with Gasteiger partial charge in [0.2, 0.25) is 0 Å². The summed E-state index contributed by atoms with van der Waals surface area (Å²) in [5.41, 5.74) is 1.37. The second kappa shape index (κ2) is 7.09. The van der Waals surface area contributed by atoms with Gasteiger partial charge in [0.25, 0.3) is 5.91 Å². The zero-order chi connectivity index (χ0) is 14.4. The number of carbonyl (C=O) groups is 1. The van der Waals surface area contributed by atoms with E-state index in [1.54, 1.807) is 17.0 Å². The lowest BCUT2D eigenvalue weighted by molar-refractivity contribution is 0.0362. The molecule has 0 unspecified atom stereocenters. The van der Waals surface area contributed by atoms with E-state index in [-0.39, 0.29) is 18.6 Å². The van der Waals surface area contributed by atoms with Crippen LogP contribution in [0, 0.1) is 11.8 Å². The summed E-state index contributed by atoms with van der Waals surface area (Å²) in [6.45, 7) is 1.24. The predicted molar refractivity (Wildman–Crippen MR) is 76.3 cm³/mol. The summed E-state index contributed by atoms with van der Waals surface area (Å²) in [6.07, 6.45) is 1.76. The van der Waals surface area contributed by atoms with Crippen molar-refractivity contribution in [2.45, 2.75) is 18.9 Å². The molecule has 1 heterocycles. The van der Waals surface area contributed by atoms with E-state index < -0.39 is 0 Å². The van der Waals surface area contributed by atoms with Crippen molar-refractivity contribution < 1.29 is 14.6 Å². The molecule has 4 nitrogen and oxygen atoms in total. The number of carbonyl (C=O) groups excluding carboxylic acids is 1. The molecule has 0 saturated carbocycles. The summed E-state index contributed by atoms with van der Waals surface area (Å²) in [5, 5.41) is 8.70. The molecule has 106 valence electrons. The van der Waals surface area contributed by atoms with Gasteiger partial charge in [0.05, 0.1) is 0 Å². The zero-order valence-corrected chi connectivity index (χ0v) is 11.6. The van der Waals surface area contributed by atoms with Crippen LogP contribution in [0.25, 0.3) is 0 Å². The van der Waals surface area contributed by atoms with E-state index in [9.17, 15) is 4.79 Å². The fourth-order valence-corrected chi connectivity index (χ4v) is 2.31. The number of amides is 1. The van der Waals surface area contributed by atoms with Gasteiger partial charge < -0.3 is 14.7 Å². The molecular weight excluding hydrogens is 254 g/mol. The molecule has 0 atom stereocenters. The van der Waals surface area contributed by atoms with Crippen LogP contribution in [0.4, 0.5) is 0 Å². The van der Waals surface area contributed by atoms with Crippen molar-refractivity contribution in [1.82, 2.24) is 4.90 Å². The fraction of sp³-hybridized carbons (Fsp3) is 0.438. The minimum Gasteiger partial charge on any atom is -0.384 e. The molecule has 0 spiro atoms. The molecule has 1 aliphatic heterocycles. The Morgan fingerprint density at radius 1 is 1.45 bits per heavy atom. The molecule has 4 heteroatoms. The molecule has 0 aromatic heterocycles. The Kier molecular flexibility index (Phi) is 5.16. The highest BCUT2D eigenvalue weighted by atomic mass is 16.5. The lowest BCUT2D eigenvalue weighted by Gasteiger charge is -2.31. The Labute approximate surface area is 119 Å². The number of benzene rings is 1. The second-order valence-electron chi connectivity index (χ2n) is 4.80. The minimum absolute atomic E-state index is 0.00421. The molecule has 1 aliphatic rings. The fourth-order valence-electron chi connectivity index (χ4n) is 2.31. The van der Waals surface area contributed by atoms with Gasteiger partial charge in [-0.2, -0.15) is 0 Å². The van der Waals surface area contributed by atoms with Crippen LogP contribution >= 0.6 is 0 Å². The Bertz CT molecular complexity index is 524. The molecule has 1 N–H and O–H groups in total. The number of aliphatic hydroxyl groups is 1. The lowest BCUT2D eigenvalue weighted by atomic mass is 10.1. The highest BCUT2D eigenvalue weighted by Crippen LogP contribution is 2.16. The lowest BCUT2D eigenvalue weighted by Crippen LogP contribution is -2.40. The van der Waals surface area contributed by atoms with Gasteiger partial charge in [-0.1, -0.05) is 17.9 Å². The van der Waals surface area contributed by atoms with Crippen molar-refractivity contribution in [3.63, 3.8) is 0 Å². The maximum absolute atomic E-state index is 12.5. The van der Waals surface area contributed by atoms with Gasteiger partial charge in [-0.25, -0.2) is 0 Å². The molecule has 0 bridgehead atoms. The number of rotatable bonds is 2. The van der Waals surface area contributed by atoms with Crippen molar-refractivity contribution in [3.05, 3.63) is 35.4 Å². The molecule has 1 aromatic rings. The maximum atomic E-state index is 12.5. The maximum Gasteiger partial charge on any atom is 0.253 e. The standard InChI is InChI=1S/C16H19NO3/c1-17(15-7-10-20-11-8-15)16(19)14-6-2-4-13(12-14)5-3-9-18/h2,4,6,12,15,18H,7-11H2,1H3. The smallest absolute Gasteiger partial charge is 0.253 e. The monoisotopic (exact) mass is 273 g/mol. The molecule has 0 radical (unpaired) electrons. The third-order valence-electron chi connectivity index (χ3n) is 3.48. The highest BCUT2D eigenvalue weighted by Gasteiger charge is 2.23. The molecule has 1 fully saturated rings. The van der Waals surface area contributed by atoms with E-state index in [1.807, 2.05) is 19.2 Å². The molecule has 1 aromatic carbocycles. The third-order valence-corrected chi connectivity index (χ3v) is 3.48. The predicted octanol–water partition coefficient (Wildman–Crippen LogP) is 1.28. The average molecular weight is 273 g/mol. The summed E-state index contributed by atoms with van der Waals surface area (Å²) in [4.78, 5) is 14.3. The number of hydrogen-bond acceptors (Lipinski definition) is 3. The highest BCUT2D eigenvalue weighted by molar-refractivity contribution is 5.94. The Morgan fingerprint density at radius 2 is 2.20 bits per heavy atom. The summed E-state index contributed by atoms with van der Waals surface area (Å²) in [6, 6.07) is 7.44. The Morgan fingerprint density at radius 3 is 2.90 bits per heavy atom. The van der Waals surface area contributed by atoms with Crippen molar-refractivity contribution in [2.24, 2.45) is 0 Å². The van der Waals surface area contributed by atoms with E-state index in [2.05, 4.69) is 11.8 Å². The van der Waals surface area contributed by atoms with Crippen LogP contribution < -0.4 is 0 Å². The van der Waals surface area contributed by atoms with Crippen LogP contribution in [0.1, 0.15) is 28.8 Å². The first-order valence-corrected chi connectivity index (χ1v) is 6.77. The first-order valence-electron chi connectivity index (χ1n) is 6.77. The first-order chi connectivity index (χ1) is 9.72. The molecule has 0 aliphatic carbocycles. The van der Waals surface area contributed by atoms with Crippen molar-refractivity contribution >= 4 is 5.91 Å². The van der Waals surface area contributed by atoms with E-state index in [0.29, 0.717) is 18.8 Å². The van der Waals surface area contributed by atoms with Gasteiger partial charge in [0.1, 0.15) is 6.61 Å². The van der Waals surface area contributed by atoms with E-state index in [0.717, 1.165) is 18.4 Å². The zero-order valence-electron chi connectivity index (χ0n) is 11.6. The van der Waals surface area contributed by atoms with Crippen LogP contribution in [0.5, 0.6) is 0 Å². The normalized spacial score (nSPS) is 15.3. The van der Waals surface area contributed by atoms with Gasteiger partial charge in [0.15, 0.2) is 0 Å². The summed E-state index contributed by atoms with van der Waals surface area (Å²) >= 11 is 0. The topological polar surface area (TPSA) is 49.8 Å². The quantitative estimate of drug-likeness (QED) is 0.826. The van der Waals surface area contributed by atoms with Crippen molar-refractivity contribution in [1.29, 1.82) is 0 Å². The van der Waals surface area contributed by atoms with Gasteiger partial charge in [-0.3, -0.25) is 4.79 Å².